The predicted molar refractivity (Wildman–Crippen MR) is 53.7 cm³/mol. The molecule has 3 heteroatoms. The van der Waals surface area contributed by atoms with Gasteiger partial charge in [0.05, 0.1) is 5.52 Å². The van der Waals surface area contributed by atoms with Gasteiger partial charge in [0, 0.05) is 12.4 Å². The Kier molecular flexibility index (Phi) is 1.88. The molecule has 0 N–H and O–H groups in total. The predicted octanol–water partition coefficient (Wildman–Crippen LogP) is 3.05. The van der Waals surface area contributed by atoms with Gasteiger partial charge in [-0.3, -0.25) is 0 Å². The number of nitrogens with zero attached hydrogens (tertiary/aromatic N) is 1. The van der Waals surface area contributed by atoms with E-state index in [1.165, 1.54) is 6.07 Å². The maximum absolute atomic E-state index is 13.4. The summed E-state index contributed by atoms with van der Waals surface area (Å²) in [7, 11) is 1.77. The largest absolute Gasteiger partial charge is 0.333 e. The van der Waals surface area contributed by atoms with Crippen molar-refractivity contribution in [2.24, 2.45) is 7.05 Å². The molecule has 13 heavy (non-hydrogen) atoms. The fourth-order valence-corrected chi connectivity index (χ4v) is 1.56. The molecule has 0 fully saturated rings. The molecule has 0 saturated carbocycles. The molecular formula is C10H8FNS. The lowest BCUT2D eigenvalue weighted by molar-refractivity contribution is 0.630. The summed E-state index contributed by atoms with van der Waals surface area (Å²) in [5.74, 6) is -0.230. The van der Waals surface area contributed by atoms with Gasteiger partial charge in [0.1, 0.15) is 10.5 Å². The van der Waals surface area contributed by atoms with Crippen LogP contribution >= 0.6 is 12.2 Å². The minimum absolute atomic E-state index is 0.230. The first-order chi connectivity index (χ1) is 6.20. The van der Waals surface area contributed by atoms with E-state index in [9.17, 15) is 4.39 Å². The van der Waals surface area contributed by atoms with Crippen LogP contribution in [0.3, 0.4) is 0 Å². The van der Waals surface area contributed by atoms with Crippen LogP contribution in [0, 0.1) is 10.5 Å². The second kappa shape index (κ2) is 2.92. The summed E-state index contributed by atoms with van der Waals surface area (Å²) in [6.45, 7) is 0. The highest BCUT2D eigenvalue weighted by Gasteiger charge is 2.01. The van der Waals surface area contributed by atoms with Crippen LogP contribution in [0.25, 0.3) is 10.9 Å². The second-order valence-electron chi connectivity index (χ2n) is 2.91. The number of aryl methyl sites for hydroxylation is 1. The van der Waals surface area contributed by atoms with Gasteiger partial charge in [0.25, 0.3) is 0 Å². The van der Waals surface area contributed by atoms with E-state index in [2.05, 4.69) is 0 Å². The van der Waals surface area contributed by atoms with E-state index in [-0.39, 0.29) is 5.82 Å². The van der Waals surface area contributed by atoms with Gasteiger partial charge in [0.2, 0.25) is 0 Å². The lowest BCUT2D eigenvalue weighted by Gasteiger charge is -2.05. The van der Waals surface area contributed by atoms with E-state index in [4.69, 9.17) is 12.2 Å². The van der Waals surface area contributed by atoms with Crippen molar-refractivity contribution < 1.29 is 4.39 Å². The number of hydrogen-bond donors (Lipinski definition) is 0. The zero-order chi connectivity index (χ0) is 9.42. The molecule has 1 aromatic carbocycles. The number of fused-ring (bicyclic) bond motifs is 1. The Morgan fingerprint density at radius 2 is 2.00 bits per heavy atom. The van der Waals surface area contributed by atoms with Crippen LogP contribution in [0.1, 0.15) is 0 Å². The zero-order valence-corrected chi connectivity index (χ0v) is 7.94. The number of pyridine rings is 1. The third kappa shape index (κ3) is 1.25. The number of para-hydroxylation sites is 1. The Labute approximate surface area is 80.4 Å². The molecule has 2 rings (SSSR count). The maximum atomic E-state index is 13.4. The molecule has 1 nitrogen and oxygen atoms in total. The zero-order valence-electron chi connectivity index (χ0n) is 7.12. The summed E-state index contributed by atoms with van der Waals surface area (Å²) in [6.07, 6.45) is 0. The van der Waals surface area contributed by atoms with Gasteiger partial charge in [-0.2, -0.15) is 0 Å². The molecule has 0 spiro atoms. The lowest BCUT2D eigenvalue weighted by Crippen LogP contribution is -1.96. The van der Waals surface area contributed by atoms with Crippen LogP contribution in [0.4, 0.5) is 4.39 Å². The summed E-state index contributed by atoms with van der Waals surface area (Å²) in [5, 5.41) is 0.871. The van der Waals surface area contributed by atoms with Crippen molar-refractivity contribution in [3.05, 3.63) is 40.8 Å². The fraction of sp³-hybridized carbons (Fsp3) is 0.100. The van der Waals surface area contributed by atoms with E-state index in [0.29, 0.717) is 10.2 Å². The van der Waals surface area contributed by atoms with Gasteiger partial charge in [-0.25, -0.2) is 4.39 Å². The average molecular weight is 193 g/mol. The smallest absolute Gasteiger partial charge is 0.147 e. The Hall–Kier alpha value is -1.22. The van der Waals surface area contributed by atoms with E-state index >= 15 is 0 Å². The molecule has 0 bridgehead atoms. The first kappa shape index (κ1) is 8.38. The quantitative estimate of drug-likeness (QED) is 0.582. The van der Waals surface area contributed by atoms with E-state index in [1.54, 1.807) is 23.7 Å². The molecule has 1 aromatic heterocycles. The van der Waals surface area contributed by atoms with Crippen LogP contribution in [0.2, 0.25) is 0 Å². The van der Waals surface area contributed by atoms with Crippen LogP contribution in [-0.2, 0) is 7.05 Å². The third-order valence-corrected chi connectivity index (χ3v) is 2.50. The molecule has 0 saturated heterocycles. The maximum Gasteiger partial charge on any atom is 0.147 e. The summed E-state index contributed by atoms with van der Waals surface area (Å²) >= 11 is 5.04. The van der Waals surface area contributed by atoms with E-state index < -0.39 is 0 Å². The molecule has 0 unspecified atom stereocenters. The SMILES string of the molecule is Cn1c(=S)ccc2cccc(F)c21. The van der Waals surface area contributed by atoms with Crippen LogP contribution in [-0.4, -0.2) is 4.57 Å². The summed E-state index contributed by atoms with van der Waals surface area (Å²) < 4.78 is 15.7. The molecule has 0 aliphatic rings. The minimum Gasteiger partial charge on any atom is -0.333 e. The lowest BCUT2D eigenvalue weighted by atomic mass is 10.2. The van der Waals surface area contributed by atoms with Gasteiger partial charge >= 0.3 is 0 Å². The van der Waals surface area contributed by atoms with Crippen LogP contribution in [0.15, 0.2) is 30.3 Å². The minimum atomic E-state index is -0.230. The van der Waals surface area contributed by atoms with Crippen molar-refractivity contribution >= 4 is 23.1 Å². The Morgan fingerprint density at radius 3 is 2.77 bits per heavy atom. The average Bonchev–Trinajstić information content (AvgIpc) is 2.12. The fourth-order valence-electron chi connectivity index (χ4n) is 1.40. The van der Waals surface area contributed by atoms with Crippen molar-refractivity contribution in [2.45, 2.75) is 0 Å². The Morgan fingerprint density at radius 1 is 1.23 bits per heavy atom. The second-order valence-corrected chi connectivity index (χ2v) is 3.33. The molecule has 2 aromatic rings. The van der Waals surface area contributed by atoms with Gasteiger partial charge in [-0.1, -0.05) is 24.4 Å². The van der Waals surface area contributed by atoms with Crippen molar-refractivity contribution in [3.63, 3.8) is 0 Å². The van der Waals surface area contributed by atoms with Gasteiger partial charge in [-0.05, 0) is 18.2 Å². The van der Waals surface area contributed by atoms with Crippen molar-refractivity contribution in [3.8, 4) is 0 Å². The van der Waals surface area contributed by atoms with Gasteiger partial charge in [0.15, 0.2) is 0 Å². The standard InChI is InChI=1S/C10H8FNS/c1-12-9(13)6-5-7-3-2-4-8(11)10(7)12/h2-6H,1H3. The summed E-state index contributed by atoms with van der Waals surface area (Å²) in [4.78, 5) is 0. The third-order valence-electron chi connectivity index (χ3n) is 2.09. The molecule has 66 valence electrons. The van der Waals surface area contributed by atoms with Crippen LogP contribution in [0.5, 0.6) is 0 Å². The van der Waals surface area contributed by atoms with E-state index in [1.807, 2.05) is 12.1 Å². The highest BCUT2D eigenvalue weighted by molar-refractivity contribution is 7.71. The molecule has 0 radical (unpaired) electrons. The number of rotatable bonds is 0. The number of halogens is 1. The normalized spacial score (nSPS) is 10.6. The summed E-state index contributed by atoms with van der Waals surface area (Å²) in [6, 6.07) is 8.64. The molecule has 0 aliphatic carbocycles. The number of benzene rings is 1. The first-order valence-electron chi connectivity index (χ1n) is 3.94. The summed E-state index contributed by atoms with van der Waals surface area (Å²) in [5.41, 5.74) is 0.565. The number of aromatic nitrogens is 1. The topological polar surface area (TPSA) is 4.93 Å². The highest BCUT2D eigenvalue weighted by Crippen LogP contribution is 2.16. The Bertz CT molecular complexity index is 516. The Balaban J connectivity index is 3.05. The van der Waals surface area contributed by atoms with E-state index in [0.717, 1.165) is 5.39 Å². The van der Waals surface area contributed by atoms with Crippen molar-refractivity contribution in [1.82, 2.24) is 4.57 Å². The van der Waals surface area contributed by atoms with Gasteiger partial charge < -0.3 is 4.57 Å². The highest BCUT2D eigenvalue weighted by atomic mass is 32.1. The van der Waals surface area contributed by atoms with Crippen molar-refractivity contribution in [1.29, 1.82) is 0 Å². The molecule has 1 heterocycles. The molecule has 0 amide bonds. The monoisotopic (exact) mass is 193 g/mol. The number of hydrogen-bond acceptors (Lipinski definition) is 1. The molecule has 0 atom stereocenters. The first-order valence-corrected chi connectivity index (χ1v) is 4.35. The molecule has 0 aliphatic heterocycles. The molecular weight excluding hydrogens is 185 g/mol. The van der Waals surface area contributed by atoms with Gasteiger partial charge in [-0.15, -0.1) is 0 Å². The van der Waals surface area contributed by atoms with Crippen LogP contribution < -0.4 is 0 Å². The van der Waals surface area contributed by atoms with Crippen molar-refractivity contribution in [2.75, 3.05) is 0 Å².